The van der Waals surface area contributed by atoms with Crippen LogP contribution >= 0.6 is 0 Å². The minimum atomic E-state index is -0.0672. The van der Waals surface area contributed by atoms with Crippen molar-refractivity contribution in [3.05, 3.63) is 29.8 Å². The minimum Gasteiger partial charge on any atom is -0.398 e. The van der Waals surface area contributed by atoms with Gasteiger partial charge in [-0.25, -0.2) is 0 Å². The summed E-state index contributed by atoms with van der Waals surface area (Å²) in [4.78, 5) is 0. The van der Waals surface area contributed by atoms with E-state index in [4.69, 9.17) is 10.5 Å². The van der Waals surface area contributed by atoms with Gasteiger partial charge in [-0.3, -0.25) is 0 Å². The van der Waals surface area contributed by atoms with E-state index in [1.165, 1.54) is 0 Å². The fourth-order valence-corrected chi connectivity index (χ4v) is 1.04. The fourth-order valence-electron chi connectivity index (χ4n) is 1.04. The van der Waals surface area contributed by atoms with E-state index in [9.17, 15) is 0 Å². The summed E-state index contributed by atoms with van der Waals surface area (Å²) in [6.45, 7) is 6.89. The molecule has 0 aromatic heterocycles. The average Bonchev–Trinajstić information content (AvgIpc) is 2.17. The summed E-state index contributed by atoms with van der Waals surface area (Å²) in [7, 11) is 0. The maximum absolute atomic E-state index is 5.81. The van der Waals surface area contributed by atoms with Crippen LogP contribution in [0.1, 0.15) is 32.8 Å². The normalized spacial score (nSPS) is 11.6. The first kappa shape index (κ1) is 11.1. The molecular formula is C12H19NO. The molecule has 0 heterocycles. The van der Waals surface area contributed by atoms with Gasteiger partial charge >= 0.3 is 0 Å². The van der Waals surface area contributed by atoms with E-state index in [1.54, 1.807) is 0 Å². The molecule has 1 aromatic carbocycles. The Morgan fingerprint density at radius 2 is 1.93 bits per heavy atom. The zero-order valence-corrected chi connectivity index (χ0v) is 9.21. The Bertz CT molecular complexity index is 294. The van der Waals surface area contributed by atoms with Gasteiger partial charge in [0.1, 0.15) is 0 Å². The van der Waals surface area contributed by atoms with Crippen molar-refractivity contribution in [2.45, 2.75) is 39.4 Å². The molecule has 0 bridgehead atoms. The molecule has 78 valence electrons. The van der Waals surface area contributed by atoms with Crippen LogP contribution in [-0.4, -0.2) is 5.60 Å². The first-order chi connectivity index (χ1) is 6.55. The topological polar surface area (TPSA) is 35.2 Å². The molecule has 0 aliphatic carbocycles. The molecule has 2 nitrogen and oxygen atoms in total. The van der Waals surface area contributed by atoms with Crippen LogP contribution in [0.15, 0.2) is 24.3 Å². The van der Waals surface area contributed by atoms with Gasteiger partial charge in [0.15, 0.2) is 0 Å². The van der Waals surface area contributed by atoms with Crippen LogP contribution in [0.3, 0.4) is 0 Å². The second kappa shape index (κ2) is 4.47. The molecule has 0 radical (unpaired) electrons. The number of para-hydroxylation sites is 1. The number of rotatable bonds is 4. The first-order valence-electron chi connectivity index (χ1n) is 5.02. The Hall–Kier alpha value is -1.02. The molecule has 1 rings (SSSR count). The number of hydrogen-bond acceptors (Lipinski definition) is 2. The van der Waals surface area contributed by atoms with Crippen LogP contribution in [0.4, 0.5) is 5.69 Å². The third-order valence-corrected chi connectivity index (χ3v) is 2.52. The quantitative estimate of drug-likeness (QED) is 0.746. The van der Waals surface area contributed by atoms with Gasteiger partial charge in [-0.15, -0.1) is 0 Å². The molecule has 0 fully saturated rings. The molecule has 0 saturated heterocycles. The van der Waals surface area contributed by atoms with Gasteiger partial charge in [-0.05, 0) is 26.3 Å². The van der Waals surface area contributed by atoms with Gasteiger partial charge < -0.3 is 10.5 Å². The SMILES string of the molecule is CCC(C)(C)OCc1ccccc1N. The fraction of sp³-hybridized carbons (Fsp3) is 0.500. The summed E-state index contributed by atoms with van der Waals surface area (Å²) in [5, 5.41) is 0. The van der Waals surface area contributed by atoms with Gasteiger partial charge in [0.2, 0.25) is 0 Å². The zero-order chi connectivity index (χ0) is 10.6. The lowest BCUT2D eigenvalue weighted by Gasteiger charge is -2.23. The highest BCUT2D eigenvalue weighted by molar-refractivity contribution is 5.45. The lowest BCUT2D eigenvalue weighted by molar-refractivity contribution is -0.0313. The summed E-state index contributed by atoms with van der Waals surface area (Å²) in [6.07, 6.45) is 1.000. The van der Waals surface area contributed by atoms with Gasteiger partial charge in [0.25, 0.3) is 0 Å². The van der Waals surface area contributed by atoms with Crippen molar-refractivity contribution >= 4 is 5.69 Å². The maximum Gasteiger partial charge on any atom is 0.0744 e. The lowest BCUT2D eigenvalue weighted by Crippen LogP contribution is -2.22. The maximum atomic E-state index is 5.81. The smallest absolute Gasteiger partial charge is 0.0744 e. The van der Waals surface area contributed by atoms with E-state index >= 15 is 0 Å². The second-order valence-corrected chi connectivity index (χ2v) is 4.10. The predicted molar refractivity (Wildman–Crippen MR) is 60.0 cm³/mol. The predicted octanol–water partition coefficient (Wildman–Crippen LogP) is 2.97. The molecule has 0 aliphatic rings. The molecule has 2 heteroatoms. The second-order valence-electron chi connectivity index (χ2n) is 4.10. The first-order valence-corrected chi connectivity index (χ1v) is 5.02. The molecule has 0 unspecified atom stereocenters. The van der Waals surface area contributed by atoms with E-state index in [0.717, 1.165) is 17.7 Å². The van der Waals surface area contributed by atoms with Crippen LogP contribution in [0.25, 0.3) is 0 Å². The zero-order valence-electron chi connectivity index (χ0n) is 9.21. The van der Waals surface area contributed by atoms with Crippen LogP contribution < -0.4 is 5.73 Å². The highest BCUT2D eigenvalue weighted by Crippen LogP contribution is 2.19. The van der Waals surface area contributed by atoms with E-state index < -0.39 is 0 Å². The molecule has 0 atom stereocenters. The van der Waals surface area contributed by atoms with Crippen molar-refractivity contribution in [3.63, 3.8) is 0 Å². The van der Waals surface area contributed by atoms with Gasteiger partial charge in [0, 0.05) is 11.3 Å². The van der Waals surface area contributed by atoms with E-state index in [-0.39, 0.29) is 5.60 Å². The Balaban J connectivity index is 2.58. The number of nitrogens with two attached hydrogens (primary N) is 1. The number of nitrogen functional groups attached to an aromatic ring is 1. The number of benzene rings is 1. The monoisotopic (exact) mass is 193 g/mol. The van der Waals surface area contributed by atoms with E-state index in [1.807, 2.05) is 24.3 Å². The summed E-state index contributed by atoms with van der Waals surface area (Å²) in [5.41, 5.74) is 7.61. The molecule has 1 aromatic rings. The molecule has 0 aliphatic heterocycles. The van der Waals surface area contributed by atoms with Gasteiger partial charge in [-0.1, -0.05) is 25.1 Å². The van der Waals surface area contributed by atoms with Crippen molar-refractivity contribution in [2.75, 3.05) is 5.73 Å². The Labute approximate surface area is 86.1 Å². The van der Waals surface area contributed by atoms with Gasteiger partial charge in [0.05, 0.1) is 12.2 Å². The molecule has 2 N–H and O–H groups in total. The van der Waals surface area contributed by atoms with Crippen molar-refractivity contribution in [1.29, 1.82) is 0 Å². The van der Waals surface area contributed by atoms with Crippen molar-refractivity contribution < 1.29 is 4.74 Å². The Kier molecular flexibility index (Phi) is 3.53. The average molecular weight is 193 g/mol. The Morgan fingerprint density at radius 3 is 2.50 bits per heavy atom. The summed E-state index contributed by atoms with van der Waals surface area (Å²) in [5.74, 6) is 0. The van der Waals surface area contributed by atoms with E-state index in [0.29, 0.717) is 6.61 Å². The number of ether oxygens (including phenoxy) is 1. The molecule has 0 amide bonds. The number of anilines is 1. The third kappa shape index (κ3) is 3.04. The van der Waals surface area contributed by atoms with Gasteiger partial charge in [-0.2, -0.15) is 0 Å². The summed E-state index contributed by atoms with van der Waals surface area (Å²) < 4.78 is 5.77. The summed E-state index contributed by atoms with van der Waals surface area (Å²) in [6, 6.07) is 7.82. The van der Waals surface area contributed by atoms with Crippen molar-refractivity contribution in [3.8, 4) is 0 Å². The third-order valence-electron chi connectivity index (χ3n) is 2.52. The highest BCUT2D eigenvalue weighted by atomic mass is 16.5. The molecule has 14 heavy (non-hydrogen) atoms. The molecule has 0 spiro atoms. The largest absolute Gasteiger partial charge is 0.398 e. The molecular weight excluding hydrogens is 174 g/mol. The van der Waals surface area contributed by atoms with Crippen LogP contribution in [0, 0.1) is 0 Å². The molecule has 0 saturated carbocycles. The highest BCUT2D eigenvalue weighted by Gasteiger charge is 2.15. The van der Waals surface area contributed by atoms with Crippen LogP contribution in [-0.2, 0) is 11.3 Å². The van der Waals surface area contributed by atoms with Crippen molar-refractivity contribution in [2.24, 2.45) is 0 Å². The van der Waals surface area contributed by atoms with Crippen LogP contribution in [0.2, 0.25) is 0 Å². The standard InChI is InChI=1S/C12H19NO/c1-4-12(2,3)14-9-10-7-5-6-8-11(10)13/h5-8H,4,9,13H2,1-3H3. The number of hydrogen-bond donors (Lipinski definition) is 1. The summed E-state index contributed by atoms with van der Waals surface area (Å²) >= 11 is 0. The van der Waals surface area contributed by atoms with Crippen LogP contribution in [0.5, 0.6) is 0 Å². The van der Waals surface area contributed by atoms with Crippen molar-refractivity contribution in [1.82, 2.24) is 0 Å². The minimum absolute atomic E-state index is 0.0672. The lowest BCUT2D eigenvalue weighted by atomic mass is 10.1. The Morgan fingerprint density at radius 1 is 1.29 bits per heavy atom. The van der Waals surface area contributed by atoms with E-state index in [2.05, 4.69) is 20.8 Å².